The molecular weight excluding hydrogens is 156 g/mol. The van der Waals surface area contributed by atoms with Crippen LogP contribution in [-0.4, -0.2) is 0 Å². The van der Waals surface area contributed by atoms with Gasteiger partial charge in [-0.2, -0.15) is 0 Å². The molecule has 0 aromatic heterocycles. The first-order chi connectivity index (χ1) is 6.16. The fourth-order valence-electron chi connectivity index (χ4n) is 3.17. The Morgan fingerprint density at radius 3 is 2.31 bits per heavy atom. The molecule has 0 aliphatic heterocycles. The Bertz CT molecular complexity index is 173. The van der Waals surface area contributed by atoms with Crippen molar-refractivity contribution in [2.24, 2.45) is 29.6 Å². The van der Waals surface area contributed by atoms with Gasteiger partial charge in [0.15, 0.2) is 0 Å². The van der Waals surface area contributed by atoms with Gasteiger partial charge in [-0.15, -0.1) is 0 Å². The summed E-state index contributed by atoms with van der Waals surface area (Å²) in [7, 11) is 0. The van der Waals surface area contributed by atoms with Crippen LogP contribution in [0.2, 0.25) is 0 Å². The van der Waals surface area contributed by atoms with Gasteiger partial charge in [-0.25, -0.2) is 0 Å². The lowest BCUT2D eigenvalue weighted by atomic mass is 9.87. The molecule has 0 aromatic carbocycles. The standard InChI is InChI=1S/C13H24/c1-9-4-5-12(6-9)10(2)7-13-8-11(13)3/h9-13H,4-8H2,1-3H3/t9?,10-,11?,12?,13?/m0/s1. The van der Waals surface area contributed by atoms with Crippen molar-refractivity contribution < 1.29 is 0 Å². The van der Waals surface area contributed by atoms with Gasteiger partial charge in [0.05, 0.1) is 0 Å². The van der Waals surface area contributed by atoms with Crippen molar-refractivity contribution in [1.82, 2.24) is 0 Å². The van der Waals surface area contributed by atoms with E-state index in [1.165, 1.54) is 32.1 Å². The van der Waals surface area contributed by atoms with Gasteiger partial charge in [-0.1, -0.05) is 27.2 Å². The molecule has 0 spiro atoms. The minimum atomic E-state index is 1.01. The summed E-state index contributed by atoms with van der Waals surface area (Å²) in [6.45, 7) is 7.33. The first-order valence-corrected chi connectivity index (χ1v) is 6.16. The van der Waals surface area contributed by atoms with E-state index >= 15 is 0 Å². The Kier molecular flexibility index (Phi) is 2.67. The van der Waals surface area contributed by atoms with Crippen molar-refractivity contribution in [1.29, 1.82) is 0 Å². The van der Waals surface area contributed by atoms with Crippen molar-refractivity contribution >= 4 is 0 Å². The third kappa shape index (κ3) is 2.27. The first kappa shape index (κ1) is 9.55. The molecule has 2 rings (SSSR count). The fraction of sp³-hybridized carbons (Fsp3) is 1.00. The van der Waals surface area contributed by atoms with E-state index < -0.39 is 0 Å². The molecule has 0 nitrogen and oxygen atoms in total. The molecule has 0 heterocycles. The van der Waals surface area contributed by atoms with Crippen LogP contribution in [0, 0.1) is 29.6 Å². The second kappa shape index (κ2) is 3.63. The molecule has 5 atom stereocenters. The zero-order valence-corrected chi connectivity index (χ0v) is 9.42. The van der Waals surface area contributed by atoms with E-state index in [1.54, 1.807) is 0 Å². The molecule has 13 heavy (non-hydrogen) atoms. The molecule has 0 aromatic rings. The highest BCUT2D eigenvalue weighted by atomic mass is 14.4. The van der Waals surface area contributed by atoms with Gasteiger partial charge in [0, 0.05) is 0 Å². The van der Waals surface area contributed by atoms with Gasteiger partial charge in [-0.05, 0) is 55.3 Å². The summed E-state index contributed by atoms with van der Waals surface area (Å²) < 4.78 is 0. The molecule has 2 aliphatic rings. The molecule has 2 aliphatic carbocycles. The van der Waals surface area contributed by atoms with Gasteiger partial charge in [0.2, 0.25) is 0 Å². The van der Waals surface area contributed by atoms with Gasteiger partial charge in [-0.3, -0.25) is 0 Å². The Morgan fingerprint density at radius 1 is 1.15 bits per heavy atom. The highest BCUT2D eigenvalue weighted by Gasteiger charge is 2.36. The lowest BCUT2D eigenvalue weighted by Gasteiger charge is -2.18. The maximum atomic E-state index is 2.49. The van der Waals surface area contributed by atoms with Crippen molar-refractivity contribution in [3.05, 3.63) is 0 Å². The van der Waals surface area contributed by atoms with Crippen molar-refractivity contribution in [3.8, 4) is 0 Å². The molecular formula is C13H24. The van der Waals surface area contributed by atoms with E-state index in [2.05, 4.69) is 20.8 Å². The number of rotatable bonds is 3. The summed E-state index contributed by atoms with van der Waals surface area (Å²) in [6, 6.07) is 0. The first-order valence-electron chi connectivity index (χ1n) is 6.16. The van der Waals surface area contributed by atoms with Crippen molar-refractivity contribution in [2.45, 2.75) is 52.9 Å². The SMILES string of the molecule is CC1CCC([C@@H](C)CC2CC2C)C1. The smallest absolute Gasteiger partial charge is 0.0383 e. The molecule has 0 N–H and O–H groups in total. The zero-order valence-electron chi connectivity index (χ0n) is 9.42. The summed E-state index contributed by atoms with van der Waals surface area (Å²) in [5.74, 6) is 5.26. The molecule has 0 bridgehead atoms. The van der Waals surface area contributed by atoms with Crippen LogP contribution in [0.15, 0.2) is 0 Å². The van der Waals surface area contributed by atoms with E-state index in [4.69, 9.17) is 0 Å². The van der Waals surface area contributed by atoms with E-state index in [1.807, 2.05) is 0 Å². The molecule has 2 fully saturated rings. The quantitative estimate of drug-likeness (QED) is 0.613. The maximum absolute atomic E-state index is 2.49. The van der Waals surface area contributed by atoms with Gasteiger partial charge >= 0.3 is 0 Å². The van der Waals surface area contributed by atoms with Gasteiger partial charge in [0.25, 0.3) is 0 Å². The predicted molar refractivity (Wildman–Crippen MR) is 57.6 cm³/mol. The molecule has 76 valence electrons. The Hall–Kier alpha value is 0. The topological polar surface area (TPSA) is 0 Å². The Balaban J connectivity index is 1.73. The summed E-state index contributed by atoms with van der Waals surface area (Å²) in [5.41, 5.74) is 0. The molecule has 0 heteroatoms. The van der Waals surface area contributed by atoms with Crippen LogP contribution in [0.1, 0.15) is 52.9 Å². The molecule has 0 radical (unpaired) electrons. The molecule has 4 unspecified atom stereocenters. The van der Waals surface area contributed by atoms with Crippen molar-refractivity contribution in [2.75, 3.05) is 0 Å². The number of hydrogen-bond acceptors (Lipinski definition) is 0. The summed E-state index contributed by atoms with van der Waals surface area (Å²) in [4.78, 5) is 0. The van der Waals surface area contributed by atoms with Gasteiger partial charge < -0.3 is 0 Å². The molecule has 0 saturated heterocycles. The van der Waals surface area contributed by atoms with E-state index in [0.717, 1.165) is 29.6 Å². The second-order valence-corrected chi connectivity index (χ2v) is 5.86. The third-order valence-electron chi connectivity index (χ3n) is 4.49. The van der Waals surface area contributed by atoms with Crippen LogP contribution < -0.4 is 0 Å². The highest BCUT2D eigenvalue weighted by molar-refractivity contribution is 4.86. The minimum Gasteiger partial charge on any atom is -0.0625 e. The van der Waals surface area contributed by atoms with Crippen LogP contribution in [0.25, 0.3) is 0 Å². The normalized spacial score (nSPS) is 46.4. The lowest BCUT2D eigenvalue weighted by molar-refractivity contribution is 0.319. The average Bonchev–Trinajstić information content (AvgIpc) is 2.62. The highest BCUT2D eigenvalue weighted by Crippen LogP contribution is 2.46. The summed E-state index contributed by atoms with van der Waals surface area (Å²) in [6.07, 6.45) is 7.58. The van der Waals surface area contributed by atoms with Crippen LogP contribution in [-0.2, 0) is 0 Å². The summed E-state index contributed by atoms with van der Waals surface area (Å²) in [5, 5.41) is 0. The Labute approximate surface area is 83.1 Å². The van der Waals surface area contributed by atoms with Crippen LogP contribution in [0.3, 0.4) is 0 Å². The van der Waals surface area contributed by atoms with E-state index in [-0.39, 0.29) is 0 Å². The molecule has 2 saturated carbocycles. The van der Waals surface area contributed by atoms with E-state index in [0.29, 0.717) is 0 Å². The third-order valence-corrected chi connectivity index (χ3v) is 4.49. The summed E-state index contributed by atoms with van der Waals surface area (Å²) >= 11 is 0. The predicted octanol–water partition coefficient (Wildman–Crippen LogP) is 4.10. The monoisotopic (exact) mass is 180 g/mol. The largest absolute Gasteiger partial charge is 0.0625 e. The van der Waals surface area contributed by atoms with Crippen LogP contribution in [0.4, 0.5) is 0 Å². The van der Waals surface area contributed by atoms with Crippen molar-refractivity contribution in [3.63, 3.8) is 0 Å². The average molecular weight is 180 g/mol. The maximum Gasteiger partial charge on any atom is -0.0383 e. The Morgan fingerprint density at radius 2 is 1.85 bits per heavy atom. The zero-order chi connectivity index (χ0) is 9.42. The van der Waals surface area contributed by atoms with Gasteiger partial charge in [0.1, 0.15) is 0 Å². The molecule has 0 amide bonds. The second-order valence-electron chi connectivity index (χ2n) is 5.86. The van der Waals surface area contributed by atoms with Crippen LogP contribution in [0.5, 0.6) is 0 Å². The van der Waals surface area contributed by atoms with Crippen LogP contribution >= 0.6 is 0 Å². The lowest BCUT2D eigenvalue weighted by Crippen LogP contribution is -2.09. The minimum absolute atomic E-state index is 1.01. The fourth-order valence-corrected chi connectivity index (χ4v) is 3.17. The van der Waals surface area contributed by atoms with E-state index in [9.17, 15) is 0 Å². The number of hydrogen-bond donors (Lipinski definition) is 0.